The normalized spacial score (nSPS) is 11.7. The van der Waals surface area contributed by atoms with Crippen LogP contribution >= 0.6 is 10.7 Å². The highest BCUT2D eigenvalue weighted by molar-refractivity contribution is 8.13. The first-order chi connectivity index (χ1) is 8.30. The predicted octanol–water partition coefficient (Wildman–Crippen LogP) is 1.48. The van der Waals surface area contributed by atoms with Gasteiger partial charge in [0.2, 0.25) is 5.78 Å². The molecule has 0 radical (unpaired) electrons. The maximum atomic E-state index is 12.0. The van der Waals surface area contributed by atoms with Crippen LogP contribution in [0.2, 0.25) is 0 Å². The number of ketones is 1. The Labute approximate surface area is 108 Å². The molecule has 2 rings (SSSR count). The van der Waals surface area contributed by atoms with Gasteiger partial charge in [0.05, 0.1) is 0 Å². The minimum atomic E-state index is -3.89. The van der Waals surface area contributed by atoms with E-state index in [9.17, 15) is 13.2 Å². The van der Waals surface area contributed by atoms with E-state index in [4.69, 9.17) is 10.7 Å². The summed E-state index contributed by atoms with van der Waals surface area (Å²) in [5, 5.41) is 3.43. The van der Waals surface area contributed by atoms with Gasteiger partial charge in [-0.25, -0.2) is 8.42 Å². The molecule has 2 heterocycles. The molecule has 0 saturated heterocycles. The van der Waals surface area contributed by atoms with Crippen molar-refractivity contribution in [2.75, 3.05) is 0 Å². The molecule has 0 aliphatic heterocycles. The number of hydrogen-bond donors (Lipinski definition) is 0. The number of carbonyl (C=O) groups excluding carboxylic acids is 1. The van der Waals surface area contributed by atoms with E-state index >= 15 is 0 Å². The lowest BCUT2D eigenvalue weighted by molar-refractivity contribution is 0.103. The summed E-state index contributed by atoms with van der Waals surface area (Å²) < 4.78 is 28.4. The van der Waals surface area contributed by atoms with Gasteiger partial charge in [-0.3, -0.25) is 4.79 Å². The quantitative estimate of drug-likeness (QED) is 0.631. The van der Waals surface area contributed by atoms with Gasteiger partial charge in [0.1, 0.15) is 6.26 Å². The van der Waals surface area contributed by atoms with Crippen molar-refractivity contribution in [3.63, 3.8) is 0 Å². The van der Waals surface area contributed by atoms with Crippen molar-refractivity contribution in [2.24, 2.45) is 7.05 Å². The Kier molecular flexibility index (Phi) is 3.04. The smallest absolute Gasteiger partial charge is 0.276 e. The molecule has 0 amide bonds. The molecule has 0 aliphatic rings. The van der Waals surface area contributed by atoms with Gasteiger partial charge < -0.3 is 9.09 Å². The van der Waals surface area contributed by atoms with E-state index in [2.05, 4.69) is 9.68 Å². The third kappa shape index (κ3) is 2.19. The SMILES string of the molecule is Cc1conc1C(=O)c1cc(S(=O)(=O)Cl)n(C)c1. The molecule has 8 heteroatoms. The molecule has 0 fully saturated rings. The fourth-order valence-electron chi connectivity index (χ4n) is 1.55. The van der Waals surface area contributed by atoms with Gasteiger partial charge >= 0.3 is 0 Å². The number of halogens is 1. The second kappa shape index (κ2) is 4.25. The van der Waals surface area contributed by atoms with Crippen LogP contribution in [-0.2, 0) is 16.1 Å². The summed E-state index contributed by atoms with van der Waals surface area (Å²) in [5.74, 6) is -0.414. The molecule has 2 aromatic rings. The Morgan fingerprint density at radius 3 is 2.61 bits per heavy atom. The number of carbonyl (C=O) groups is 1. The van der Waals surface area contributed by atoms with E-state index in [0.717, 1.165) is 0 Å². The summed E-state index contributed by atoms with van der Waals surface area (Å²) in [6, 6.07) is 1.21. The van der Waals surface area contributed by atoms with E-state index in [1.807, 2.05) is 0 Å². The van der Waals surface area contributed by atoms with Crippen molar-refractivity contribution in [2.45, 2.75) is 11.9 Å². The summed E-state index contributed by atoms with van der Waals surface area (Å²) in [6.07, 6.45) is 2.72. The van der Waals surface area contributed by atoms with E-state index in [1.165, 1.54) is 30.1 Å². The zero-order valence-corrected chi connectivity index (χ0v) is 11.1. The molecule has 0 aromatic carbocycles. The van der Waals surface area contributed by atoms with Gasteiger partial charge in [0, 0.05) is 35.1 Å². The van der Waals surface area contributed by atoms with Crippen molar-refractivity contribution in [3.8, 4) is 0 Å². The van der Waals surface area contributed by atoms with Crippen LogP contribution in [0.15, 0.2) is 28.1 Å². The van der Waals surface area contributed by atoms with Gasteiger partial charge in [-0.15, -0.1) is 0 Å². The molecule has 0 atom stereocenters. The maximum absolute atomic E-state index is 12.0. The lowest BCUT2D eigenvalue weighted by Gasteiger charge is -1.95. The van der Waals surface area contributed by atoms with Gasteiger partial charge in [-0.05, 0) is 13.0 Å². The summed E-state index contributed by atoms with van der Waals surface area (Å²) >= 11 is 0. The van der Waals surface area contributed by atoms with Gasteiger partial charge in [0.25, 0.3) is 9.05 Å². The molecule has 96 valence electrons. The summed E-state index contributed by atoms with van der Waals surface area (Å²) in [5.41, 5.74) is 0.923. The van der Waals surface area contributed by atoms with Gasteiger partial charge in [-0.1, -0.05) is 5.16 Å². The first-order valence-corrected chi connectivity index (χ1v) is 7.18. The number of hydrogen-bond acceptors (Lipinski definition) is 5. The Hall–Kier alpha value is -1.60. The Bertz CT molecular complexity index is 714. The van der Waals surface area contributed by atoms with Crippen LogP contribution in [0.5, 0.6) is 0 Å². The van der Waals surface area contributed by atoms with E-state index in [-0.39, 0.29) is 16.3 Å². The van der Waals surface area contributed by atoms with E-state index in [0.29, 0.717) is 5.56 Å². The highest BCUT2D eigenvalue weighted by Gasteiger charge is 2.22. The van der Waals surface area contributed by atoms with Crippen LogP contribution < -0.4 is 0 Å². The highest BCUT2D eigenvalue weighted by Crippen LogP contribution is 2.20. The lowest BCUT2D eigenvalue weighted by atomic mass is 10.1. The molecule has 0 saturated carbocycles. The lowest BCUT2D eigenvalue weighted by Crippen LogP contribution is -2.02. The van der Waals surface area contributed by atoms with Crippen molar-refractivity contribution in [1.82, 2.24) is 9.72 Å². The molecule has 2 aromatic heterocycles. The molecule has 0 aliphatic carbocycles. The molecule has 0 N–H and O–H groups in total. The van der Waals surface area contributed by atoms with E-state index in [1.54, 1.807) is 6.92 Å². The predicted molar refractivity (Wildman–Crippen MR) is 63.1 cm³/mol. The zero-order valence-electron chi connectivity index (χ0n) is 9.55. The van der Waals surface area contributed by atoms with Crippen molar-refractivity contribution >= 4 is 25.5 Å². The second-order valence-electron chi connectivity index (χ2n) is 3.79. The average molecular weight is 289 g/mol. The molecule has 0 spiro atoms. The molecule has 6 nitrogen and oxygen atoms in total. The van der Waals surface area contributed by atoms with Crippen LogP contribution in [0, 0.1) is 6.92 Å². The first kappa shape index (κ1) is 12.8. The topological polar surface area (TPSA) is 82.2 Å². The fraction of sp³-hybridized carbons (Fsp3) is 0.200. The second-order valence-corrected chi connectivity index (χ2v) is 6.30. The largest absolute Gasteiger partial charge is 0.364 e. The van der Waals surface area contributed by atoms with Crippen LogP contribution in [-0.4, -0.2) is 23.9 Å². The summed E-state index contributed by atoms with van der Waals surface area (Å²) in [4.78, 5) is 12.0. The maximum Gasteiger partial charge on any atom is 0.276 e. The molecule has 18 heavy (non-hydrogen) atoms. The number of nitrogens with zero attached hydrogens (tertiary/aromatic N) is 2. The van der Waals surface area contributed by atoms with Crippen molar-refractivity contribution in [1.29, 1.82) is 0 Å². The average Bonchev–Trinajstić information content (AvgIpc) is 2.82. The fourth-order valence-corrected chi connectivity index (χ4v) is 2.68. The van der Waals surface area contributed by atoms with Crippen LogP contribution in [0.3, 0.4) is 0 Å². The molecule has 0 bridgehead atoms. The number of aromatic nitrogens is 2. The minimum Gasteiger partial charge on any atom is -0.364 e. The third-order valence-corrected chi connectivity index (χ3v) is 3.81. The Morgan fingerprint density at radius 2 is 2.17 bits per heavy atom. The molecular weight excluding hydrogens is 280 g/mol. The monoisotopic (exact) mass is 288 g/mol. The van der Waals surface area contributed by atoms with Crippen LogP contribution in [0.4, 0.5) is 0 Å². The number of aryl methyl sites for hydroxylation is 2. The standard InChI is InChI=1S/C10H9ClN2O4S/c1-6-5-17-12-9(6)10(14)7-3-8(13(2)4-7)18(11,15)16/h3-5H,1-2H3. The Morgan fingerprint density at radius 1 is 1.50 bits per heavy atom. The van der Waals surface area contributed by atoms with Gasteiger partial charge in [0.15, 0.2) is 10.7 Å². The molecular formula is C10H9ClN2O4S. The minimum absolute atomic E-state index is 0.145. The summed E-state index contributed by atoms with van der Waals surface area (Å²) in [6.45, 7) is 1.67. The van der Waals surface area contributed by atoms with Gasteiger partial charge in [-0.2, -0.15) is 0 Å². The zero-order chi connectivity index (χ0) is 13.5. The summed E-state index contributed by atoms with van der Waals surface area (Å²) in [7, 11) is 2.85. The Balaban J connectivity index is 2.49. The third-order valence-electron chi connectivity index (χ3n) is 2.43. The molecule has 0 unspecified atom stereocenters. The van der Waals surface area contributed by atoms with E-state index < -0.39 is 14.8 Å². The number of rotatable bonds is 3. The first-order valence-electron chi connectivity index (χ1n) is 4.87. The highest BCUT2D eigenvalue weighted by atomic mass is 35.7. The van der Waals surface area contributed by atoms with Crippen molar-refractivity contribution in [3.05, 3.63) is 35.3 Å². The van der Waals surface area contributed by atoms with Crippen LogP contribution in [0.1, 0.15) is 21.6 Å². The van der Waals surface area contributed by atoms with Crippen LogP contribution in [0.25, 0.3) is 0 Å². The van der Waals surface area contributed by atoms with Crippen molar-refractivity contribution < 1.29 is 17.7 Å².